The van der Waals surface area contributed by atoms with Crippen molar-refractivity contribution in [2.45, 2.75) is 17.1 Å². The second-order valence-electron chi connectivity index (χ2n) is 3.13. The van der Waals surface area contributed by atoms with Crippen LogP contribution >= 0.6 is 11.8 Å². The maximum absolute atomic E-state index is 11.5. The normalized spacial score (nSPS) is 21.6. The van der Waals surface area contributed by atoms with Gasteiger partial charge < -0.3 is 5.32 Å². The van der Waals surface area contributed by atoms with E-state index in [2.05, 4.69) is 12.2 Å². The van der Waals surface area contributed by atoms with Crippen LogP contribution in [0.3, 0.4) is 0 Å². The first-order valence-electron chi connectivity index (χ1n) is 4.31. The van der Waals surface area contributed by atoms with Crippen molar-refractivity contribution in [2.24, 2.45) is 0 Å². The Hall–Kier alpha value is -0.960. The molecule has 1 heterocycles. The summed E-state index contributed by atoms with van der Waals surface area (Å²) in [6, 6.07) is 7.74. The van der Waals surface area contributed by atoms with Gasteiger partial charge in [0, 0.05) is 16.7 Å². The topological polar surface area (TPSA) is 29.1 Å². The predicted octanol–water partition coefficient (Wildman–Crippen LogP) is 1.91. The molecule has 68 valence electrons. The lowest BCUT2D eigenvalue weighted by Gasteiger charge is -2.05. The van der Waals surface area contributed by atoms with Gasteiger partial charge in [0.25, 0.3) is 5.91 Å². The standard InChI is InChI=1S/C10H11NOS/c1-7-6-11-10(12)8-4-2-3-5-9(8)13-7/h2-5,7H,6H2,1H3,(H,11,12). The van der Waals surface area contributed by atoms with Crippen LogP contribution in [0.5, 0.6) is 0 Å². The minimum absolute atomic E-state index is 0.0486. The number of benzene rings is 1. The molecular formula is C10H11NOS. The van der Waals surface area contributed by atoms with Crippen molar-refractivity contribution in [1.29, 1.82) is 0 Å². The molecule has 1 aromatic carbocycles. The molecule has 0 bridgehead atoms. The Morgan fingerprint density at radius 1 is 1.46 bits per heavy atom. The zero-order valence-electron chi connectivity index (χ0n) is 7.41. The molecule has 1 unspecified atom stereocenters. The molecule has 1 aromatic rings. The smallest absolute Gasteiger partial charge is 0.252 e. The fourth-order valence-electron chi connectivity index (χ4n) is 1.35. The van der Waals surface area contributed by atoms with Crippen LogP contribution in [-0.4, -0.2) is 17.7 Å². The Morgan fingerprint density at radius 3 is 3.08 bits per heavy atom. The van der Waals surface area contributed by atoms with Gasteiger partial charge in [-0.25, -0.2) is 0 Å². The maximum atomic E-state index is 11.5. The first-order chi connectivity index (χ1) is 6.27. The third kappa shape index (κ3) is 1.70. The number of hydrogen-bond donors (Lipinski definition) is 1. The number of rotatable bonds is 0. The Morgan fingerprint density at radius 2 is 2.23 bits per heavy atom. The van der Waals surface area contributed by atoms with E-state index in [4.69, 9.17) is 0 Å². The van der Waals surface area contributed by atoms with Crippen molar-refractivity contribution in [3.63, 3.8) is 0 Å². The van der Waals surface area contributed by atoms with E-state index in [1.54, 1.807) is 11.8 Å². The lowest BCUT2D eigenvalue weighted by Crippen LogP contribution is -2.26. The van der Waals surface area contributed by atoms with Crippen molar-refractivity contribution in [3.8, 4) is 0 Å². The highest BCUT2D eigenvalue weighted by molar-refractivity contribution is 8.00. The van der Waals surface area contributed by atoms with Crippen molar-refractivity contribution in [1.82, 2.24) is 5.32 Å². The van der Waals surface area contributed by atoms with E-state index >= 15 is 0 Å². The van der Waals surface area contributed by atoms with Gasteiger partial charge in [0.05, 0.1) is 5.56 Å². The molecule has 3 heteroatoms. The molecule has 2 nitrogen and oxygen atoms in total. The number of nitrogens with one attached hydrogen (secondary N) is 1. The SMILES string of the molecule is CC1CNC(=O)c2ccccc2S1. The zero-order valence-corrected chi connectivity index (χ0v) is 8.23. The number of amides is 1. The summed E-state index contributed by atoms with van der Waals surface area (Å²) >= 11 is 1.75. The first-order valence-corrected chi connectivity index (χ1v) is 5.19. The minimum atomic E-state index is 0.0486. The molecule has 0 aromatic heterocycles. The highest BCUT2D eigenvalue weighted by Crippen LogP contribution is 2.28. The molecule has 0 aliphatic carbocycles. The van der Waals surface area contributed by atoms with Crippen molar-refractivity contribution < 1.29 is 4.79 Å². The van der Waals surface area contributed by atoms with Crippen LogP contribution < -0.4 is 5.32 Å². The number of carbonyl (C=O) groups excluding carboxylic acids is 1. The van der Waals surface area contributed by atoms with Gasteiger partial charge in [0.15, 0.2) is 0 Å². The summed E-state index contributed by atoms with van der Waals surface area (Å²) in [5.74, 6) is 0.0486. The maximum Gasteiger partial charge on any atom is 0.252 e. The van der Waals surface area contributed by atoms with E-state index < -0.39 is 0 Å². The summed E-state index contributed by atoms with van der Waals surface area (Å²) < 4.78 is 0. The molecule has 1 aliphatic heterocycles. The molecule has 1 N–H and O–H groups in total. The van der Waals surface area contributed by atoms with Crippen molar-refractivity contribution in [2.75, 3.05) is 6.54 Å². The molecule has 0 saturated carbocycles. The second-order valence-corrected chi connectivity index (χ2v) is 4.61. The molecule has 1 amide bonds. The largest absolute Gasteiger partial charge is 0.351 e. The van der Waals surface area contributed by atoms with E-state index in [0.717, 1.165) is 17.0 Å². The van der Waals surface area contributed by atoms with Gasteiger partial charge in [-0.15, -0.1) is 11.8 Å². The van der Waals surface area contributed by atoms with E-state index in [1.807, 2.05) is 24.3 Å². The monoisotopic (exact) mass is 193 g/mol. The molecule has 0 spiro atoms. The molecule has 2 rings (SSSR count). The summed E-state index contributed by atoms with van der Waals surface area (Å²) in [7, 11) is 0. The van der Waals surface area contributed by atoms with E-state index in [9.17, 15) is 4.79 Å². The molecule has 0 fully saturated rings. The van der Waals surface area contributed by atoms with Crippen LogP contribution in [0.25, 0.3) is 0 Å². The number of hydrogen-bond acceptors (Lipinski definition) is 2. The molecule has 1 aliphatic rings. The highest BCUT2D eigenvalue weighted by Gasteiger charge is 2.18. The van der Waals surface area contributed by atoms with Gasteiger partial charge in [-0.2, -0.15) is 0 Å². The van der Waals surface area contributed by atoms with Gasteiger partial charge >= 0.3 is 0 Å². The average molecular weight is 193 g/mol. The van der Waals surface area contributed by atoms with E-state index in [1.165, 1.54) is 0 Å². The third-order valence-electron chi connectivity index (χ3n) is 2.01. The Bertz CT molecular complexity index is 337. The lowest BCUT2D eigenvalue weighted by atomic mass is 10.2. The molecular weight excluding hydrogens is 182 g/mol. The fraction of sp³-hybridized carbons (Fsp3) is 0.300. The Kier molecular flexibility index (Phi) is 2.27. The predicted molar refractivity (Wildman–Crippen MR) is 54.1 cm³/mol. The summed E-state index contributed by atoms with van der Waals surface area (Å²) in [6.45, 7) is 2.87. The summed E-state index contributed by atoms with van der Waals surface area (Å²) in [5, 5.41) is 3.34. The first kappa shape index (κ1) is 8.63. The third-order valence-corrected chi connectivity index (χ3v) is 3.19. The minimum Gasteiger partial charge on any atom is -0.351 e. The number of thioether (sulfide) groups is 1. The van der Waals surface area contributed by atoms with Crippen LogP contribution in [0.1, 0.15) is 17.3 Å². The Balaban J connectivity index is 2.43. The summed E-state index contributed by atoms with van der Waals surface area (Å²) in [6.07, 6.45) is 0. The Labute approximate surface area is 81.7 Å². The van der Waals surface area contributed by atoms with Gasteiger partial charge in [-0.3, -0.25) is 4.79 Å². The van der Waals surface area contributed by atoms with Crippen LogP contribution in [0.2, 0.25) is 0 Å². The van der Waals surface area contributed by atoms with Crippen molar-refractivity contribution >= 4 is 17.7 Å². The van der Waals surface area contributed by atoms with E-state index in [0.29, 0.717) is 5.25 Å². The lowest BCUT2D eigenvalue weighted by molar-refractivity contribution is 0.0952. The summed E-state index contributed by atoms with van der Waals surface area (Å²) in [5.41, 5.74) is 0.803. The van der Waals surface area contributed by atoms with E-state index in [-0.39, 0.29) is 5.91 Å². The van der Waals surface area contributed by atoms with Gasteiger partial charge in [0.2, 0.25) is 0 Å². The second kappa shape index (κ2) is 3.42. The molecule has 0 radical (unpaired) electrons. The van der Waals surface area contributed by atoms with Gasteiger partial charge in [-0.1, -0.05) is 19.1 Å². The zero-order chi connectivity index (χ0) is 9.26. The summed E-state index contributed by atoms with van der Waals surface area (Å²) in [4.78, 5) is 12.6. The van der Waals surface area contributed by atoms with Gasteiger partial charge in [0.1, 0.15) is 0 Å². The molecule has 1 atom stereocenters. The van der Waals surface area contributed by atoms with Crippen molar-refractivity contribution in [3.05, 3.63) is 29.8 Å². The van der Waals surface area contributed by atoms with Crippen LogP contribution in [0.4, 0.5) is 0 Å². The van der Waals surface area contributed by atoms with Gasteiger partial charge in [-0.05, 0) is 12.1 Å². The quantitative estimate of drug-likeness (QED) is 0.682. The van der Waals surface area contributed by atoms with Crippen LogP contribution in [0, 0.1) is 0 Å². The van der Waals surface area contributed by atoms with Crippen LogP contribution in [-0.2, 0) is 0 Å². The average Bonchev–Trinajstić information content (AvgIpc) is 2.27. The number of fused-ring (bicyclic) bond motifs is 1. The van der Waals surface area contributed by atoms with Crippen LogP contribution in [0.15, 0.2) is 29.2 Å². The molecule has 0 saturated heterocycles. The highest BCUT2D eigenvalue weighted by atomic mass is 32.2. The number of carbonyl (C=O) groups is 1. The fourth-order valence-corrected chi connectivity index (χ4v) is 2.39. The molecule has 13 heavy (non-hydrogen) atoms.